The van der Waals surface area contributed by atoms with E-state index in [1.807, 2.05) is 6.07 Å². The molecule has 0 spiro atoms. The van der Waals surface area contributed by atoms with Crippen LogP contribution in [0.25, 0.3) is 0 Å². The lowest BCUT2D eigenvalue weighted by molar-refractivity contribution is 0.0845. The number of aryl methyl sites for hydroxylation is 2. The number of thiophene rings is 1. The Morgan fingerprint density at radius 3 is 2.79 bits per heavy atom. The van der Waals surface area contributed by atoms with Gasteiger partial charge in [0.25, 0.3) is 17.4 Å². The van der Waals surface area contributed by atoms with E-state index in [0.29, 0.717) is 10.8 Å². The van der Waals surface area contributed by atoms with Crippen molar-refractivity contribution in [1.29, 1.82) is 0 Å². The fraction of sp³-hybridized carbons (Fsp3) is 0.375. The summed E-state index contributed by atoms with van der Waals surface area (Å²) in [5, 5.41) is 3.83. The second-order valence-corrected chi connectivity index (χ2v) is 7.13. The minimum Gasteiger partial charge on any atom is -0.268 e. The van der Waals surface area contributed by atoms with Crippen LogP contribution in [0.2, 0.25) is 0 Å². The number of carbonyl (C=O) groups excluding carboxylic acids is 2. The minimum atomic E-state index is -0.575. The molecule has 2 N–H and O–H groups in total. The number of hydrogen-bond acceptors (Lipinski definition) is 5. The van der Waals surface area contributed by atoms with Gasteiger partial charge in [0.1, 0.15) is 0 Å². The van der Waals surface area contributed by atoms with Gasteiger partial charge in [-0.1, -0.05) is 6.92 Å². The van der Waals surface area contributed by atoms with Crippen molar-refractivity contribution in [3.8, 4) is 0 Å². The van der Waals surface area contributed by atoms with Crippen molar-refractivity contribution in [3.05, 3.63) is 49.6 Å². The molecule has 2 amide bonds. The zero-order chi connectivity index (χ0) is 17.3. The number of nitrogens with one attached hydrogen (secondary N) is 2. The maximum absolute atomic E-state index is 12.2. The summed E-state index contributed by atoms with van der Waals surface area (Å²) in [4.78, 5) is 37.3. The Hall–Kier alpha value is -2.48. The van der Waals surface area contributed by atoms with E-state index in [0.717, 1.165) is 23.9 Å². The second kappa shape index (κ2) is 6.56. The lowest BCUT2D eigenvalue weighted by atomic mass is 9.90. The Kier molecular flexibility index (Phi) is 4.48. The predicted octanol–water partition coefficient (Wildman–Crippen LogP) is 1.04. The number of nitrogens with zero attached hydrogens (tertiary/aromatic N) is 2. The Labute approximate surface area is 142 Å². The Balaban J connectivity index is 1.64. The van der Waals surface area contributed by atoms with Gasteiger partial charge in [0, 0.05) is 18.0 Å². The highest BCUT2D eigenvalue weighted by atomic mass is 32.1. The molecule has 2 heterocycles. The second-order valence-electron chi connectivity index (χ2n) is 6.00. The average Bonchev–Trinajstić information content (AvgIpc) is 2.98. The number of aromatic nitrogens is 2. The van der Waals surface area contributed by atoms with Gasteiger partial charge in [-0.3, -0.25) is 25.2 Å². The summed E-state index contributed by atoms with van der Waals surface area (Å²) >= 11 is 1.47. The summed E-state index contributed by atoms with van der Waals surface area (Å²) in [6.45, 7) is 2.21. The maximum atomic E-state index is 12.2. The Morgan fingerprint density at radius 1 is 1.29 bits per heavy atom. The highest BCUT2D eigenvalue weighted by molar-refractivity contribution is 7.14. The van der Waals surface area contributed by atoms with Gasteiger partial charge in [0.05, 0.1) is 4.88 Å². The molecule has 1 unspecified atom stereocenters. The minimum absolute atomic E-state index is 0.0525. The highest BCUT2D eigenvalue weighted by Crippen LogP contribution is 2.32. The standard InChI is InChI=1S/C16H18N4O3S/c1-9-3-5-12-10(7-9)8-13(24-12)16(23)18-17-15(22)11-4-6-14(21)20(2)19-11/h4,6,8-9H,3,5,7H2,1-2H3,(H,17,22)(H,18,23). The number of fused-ring (bicyclic) bond motifs is 1. The van der Waals surface area contributed by atoms with Crippen LogP contribution in [-0.4, -0.2) is 21.6 Å². The van der Waals surface area contributed by atoms with Gasteiger partial charge in [0.2, 0.25) is 0 Å². The molecule has 3 rings (SSSR count). The number of hydrogen-bond donors (Lipinski definition) is 2. The molecule has 2 aromatic rings. The topological polar surface area (TPSA) is 93.1 Å². The van der Waals surface area contributed by atoms with E-state index < -0.39 is 5.91 Å². The number of carbonyl (C=O) groups is 2. The van der Waals surface area contributed by atoms with Crippen molar-refractivity contribution in [2.24, 2.45) is 13.0 Å². The largest absolute Gasteiger partial charge is 0.290 e. The van der Waals surface area contributed by atoms with Crippen LogP contribution in [0.5, 0.6) is 0 Å². The van der Waals surface area contributed by atoms with Crippen molar-refractivity contribution in [3.63, 3.8) is 0 Å². The first kappa shape index (κ1) is 16.4. The van der Waals surface area contributed by atoms with Crippen molar-refractivity contribution in [2.75, 3.05) is 0 Å². The van der Waals surface area contributed by atoms with Crippen molar-refractivity contribution in [2.45, 2.75) is 26.2 Å². The third kappa shape index (κ3) is 3.38. The maximum Gasteiger partial charge on any atom is 0.290 e. The highest BCUT2D eigenvalue weighted by Gasteiger charge is 2.21. The molecule has 0 saturated carbocycles. The molecule has 0 fully saturated rings. The summed E-state index contributed by atoms with van der Waals surface area (Å²) in [5.41, 5.74) is 5.69. The molecule has 2 aromatic heterocycles. The molecule has 7 nitrogen and oxygen atoms in total. The summed E-state index contributed by atoms with van der Waals surface area (Å²) in [7, 11) is 1.45. The zero-order valence-electron chi connectivity index (χ0n) is 13.5. The van der Waals surface area contributed by atoms with Gasteiger partial charge >= 0.3 is 0 Å². The summed E-state index contributed by atoms with van der Waals surface area (Å²) in [6, 6.07) is 4.47. The smallest absolute Gasteiger partial charge is 0.268 e. The van der Waals surface area contributed by atoms with Gasteiger partial charge in [-0.25, -0.2) is 4.68 Å². The molecular formula is C16H18N4O3S. The lowest BCUT2D eigenvalue weighted by Crippen LogP contribution is -2.42. The molecule has 1 aliphatic rings. The average molecular weight is 346 g/mol. The van der Waals surface area contributed by atoms with Crippen LogP contribution in [0.4, 0.5) is 0 Å². The van der Waals surface area contributed by atoms with Gasteiger partial charge in [-0.05, 0) is 42.9 Å². The molecule has 1 atom stereocenters. The summed E-state index contributed by atoms with van der Waals surface area (Å²) < 4.78 is 1.06. The first-order valence-corrected chi connectivity index (χ1v) is 8.52. The number of rotatable bonds is 2. The molecule has 1 aliphatic carbocycles. The third-order valence-electron chi connectivity index (χ3n) is 4.04. The SMILES string of the molecule is CC1CCc2sc(C(=O)NNC(=O)c3ccc(=O)n(C)n3)cc2C1. The molecule has 0 bridgehead atoms. The molecular weight excluding hydrogens is 328 g/mol. The monoisotopic (exact) mass is 346 g/mol. The van der Waals surface area contributed by atoms with E-state index >= 15 is 0 Å². The predicted molar refractivity (Wildman–Crippen MR) is 89.9 cm³/mol. The molecule has 8 heteroatoms. The van der Waals surface area contributed by atoms with E-state index in [9.17, 15) is 14.4 Å². The molecule has 24 heavy (non-hydrogen) atoms. The lowest BCUT2D eigenvalue weighted by Gasteiger charge is -2.16. The van der Waals surface area contributed by atoms with E-state index in [1.54, 1.807) is 0 Å². The normalized spacial score (nSPS) is 16.3. The fourth-order valence-corrected chi connectivity index (χ4v) is 3.78. The van der Waals surface area contributed by atoms with Crippen LogP contribution in [0.15, 0.2) is 23.0 Å². The number of amides is 2. The van der Waals surface area contributed by atoms with Crippen molar-refractivity contribution in [1.82, 2.24) is 20.6 Å². The Bertz CT molecular complexity index is 855. The van der Waals surface area contributed by atoms with Gasteiger partial charge in [-0.15, -0.1) is 11.3 Å². The van der Waals surface area contributed by atoms with Crippen molar-refractivity contribution < 1.29 is 9.59 Å². The molecule has 0 aromatic carbocycles. The van der Waals surface area contributed by atoms with E-state index in [1.165, 1.54) is 41.0 Å². The van der Waals surface area contributed by atoms with Crippen LogP contribution in [0.1, 0.15) is 43.9 Å². The quantitative estimate of drug-likeness (QED) is 0.795. The van der Waals surface area contributed by atoms with Crippen molar-refractivity contribution >= 4 is 23.2 Å². The first-order chi connectivity index (χ1) is 11.4. The van der Waals surface area contributed by atoms with Gasteiger partial charge in [0.15, 0.2) is 5.69 Å². The van der Waals surface area contributed by atoms with E-state index in [4.69, 9.17) is 0 Å². The first-order valence-electron chi connectivity index (χ1n) is 7.70. The van der Waals surface area contributed by atoms with E-state index in [-0.39, 0.29) is 17.2 Å². The van der Waals surface area contributed by atoms with Crippen LogP contribution in [0.3, 0.4) is 0 Å². The van der Waals surface area contributed by atoms with Gasteiger partial charge < -0.3 is 0 Å². The molecule has 0 saturated heterocycles. The third-order valence-corrected chi connectivity index (χ3v) is 5.27. The molecule has 0 aliphatic heterocycles. The van der Waals surface area contributed by atoms with Crippen LogP contribution in [0, 0.1) is 5.92 Å². The van der Waals surface area contributed by atoms with Crippen LogP contribution in [-0.2, 0) is 19.9 Å². The Morgan fingerprint density at radius 2 is 2.04 bits per heavy atom. The molecule has 0 radical (unpaired) electrons. The molecule has 126 valence electrons. The van der Waals surface area contributed by atoms with Gasteiger partial charge in [-0.2, -0.15) is 5.10 Å². The summed E-state index contributed by atoms with van der Waals surface area (Å²) in [6.07, 6.45) is 3.14. The zero-order valence-corrected chi connectivity index (χ0v) is 14.3. The fourth-order valence-electron chi connectivity index (χ4n) is 2.68. The van der Waals surface area contributed by atoms with E-state index in [2.05, 4.69) is 22.9 Å². The van der Waals surface area contributed by atoms with Crippen LogP contribution < -0.4 is 16.4 Å². The summed E-state index contributed by atoms with van der Waals surface area (Å²) in [5.74, 6) is -0.285. The van der Waals surface area contributed by atoms with Crippen LogP contribution >= 0.6 is 11.3 Å². The number of hydrazine groups is 1.